The minimum Gasteiger partial charge on any atom is -0.394 e. The lowest BCUT2D eigenvalue weighted by Crippen LogP contribution is -2.39. The molecule has 2 heterocycles. The molecule has 0 saturated carbocycles. The quantitative estimate of drug-likeness (QED) is 0.0664. The maximum absolute atomic E-state index is 12.4. The monoisotopic (exact) mass is 631 g/mol. The molecular weight excluding hydrogens is 573 g/mol. The molecule has 250 valence electrons. The number of ether oxygens (including phenoxy) is 2. The number of aromatic nitrogens is 2. The molecule has 0 spiro atoms. The van der Waals surface area contributed by atoms with Crippen LogP contribution in [0.15, 0.2) is 17.1 Å². The van der Waals surface area contributed by atoms with Crippen molar-refractivity contribution in [1.29, 1.82) is 0 Å². The van der Waals surface area contributed by atoms with Crippen LogP contribution in [0.25, 0.3) is 0 Å². The van der Waals surface area contributed by atoms with E-state index in [1.165, 1.54) is 115 Å². The lowest BCUT2D eigenvalue weighted by atomic mass is 10.0. The van der Waals surface area contributed by atoms with Gasteiger partial charge in [-0.25, -0.2) is 9.36 Å². The first-order valence-electron chi connectivity index (χ1n) is 16.7. The summed E-state index contributed by atoms with van der Waals surface area (Å²) in [5.41, 5.74) is 4.88. The summed E-state index contributed by atoms with van der Waals surface area (Å²) in [5.74, 6) is 0.0304. The molecule has 5 N–H and O–H groups in total. The van der Waals surface area contributed by atoms with Crippen LogP contribution in [0.3, 0.4) is 0 Å². The van der Waals surface area contributed by atoms with Crippen molar-refractivity contribution in [1.82, 2.24) is 9.55 Å². The van der Waals surface area contributed by atoms with E-state index >= 15 is 0 Å². The minimum absolute atomic E-state index is 0.0304. The van der Waals surface area contributed by atoms with Crippen LogP contribution >= 0.6 is 7.82 Å². The van der Waals surface area contributed by atoms with Gasteiger partial charge in [0.2, 0.25) is 0 Å². The third-order valence-corrected chi connectivity index (χ3v) is 8.68. The van der Waals surface area contributed by atoms with E-state index in [0.29, 0.717) is 6.61 Å². The van der Waals surface area contributed by atoms with Gasteiger partial charge in [0, 0.05) is 12.8 Å². The van der Waals surface area contributed by atoms with Gasteiger partial charge in [-0.3, -0.25) is 9.09 Å². The van der Waals surface area contributed by atoms with Crippen molar-refractivity contribution < 1.29 is 33.5 Å². The molecule has 43 heavy (non-hydrogen) atoms. The lowest BCUT2D eigenvalue weighted by molar-refractivity contribution is -0.0747. The fourth-order valence-corrected chi connectivity index (χ4v) is 6.31. The molecule has 4 atom stereocenters. The summed E-state index contributed by atoms with van der Waals surface area (Å²) in [6.45, 7) is 1.99. The van der Waals surface area contributed by atoms with Gasteiger partial charge < -0.3 is 30.1 Å². The van der Waals surface area contributed by atoms with Crippen molar-refractivity contribution in [2.45, 2.75) is 160 Å². The largest absolute Gasteiger partial charge is 0.470 e. The Morgan fingerprint density at radius 2 is 1.30 bits per heavy atom. The zero-order valence-corrected chi connectivity index (χ0v) is 27.2. The van der Waals surface area contributed by atoms with E-state index in [2.05, 4.69) is 11.9 Å². The lowest BCUT2D eigenvalue weighted by Gasteiger charge is -2.25. The second kappa shape index (κ2) is 22.2. The molecule has 1 aliphatic rings. The van der Waals surface area contributed by atoms with E-state index in [1.54, 1.807) is 0 Å². The SMILES string of the molecule is CCCCCCCCCCCCCCCCCCCCCCO[C@@H]1[C@H](OP(=O)(O)O)[C@@H](CO)O[C@H]1n1ccc(N)nc1=O. The van der Waals surface area contributed by atoms with E-state index in [-0.39, 0.29) is 5.82 Å². The van der Waals surface area contributed by atoms with E-state index in [9.17, 15) is 24.3 Å². The number of aliphatic hydroxyl groups is 1. The predicted octanol–water partition coefficient (Wildman–Crippen LogP) is 6.40. The second-order valence-corrected chi connectivity index (χ2v) is 13.1. The number of anilines is 1. The van der Waals surface area contributed by atoms with E-state index in [4.69, 9.17) is 19.7 Å². The zero-order chi connectivity index (χ0) is 31.3. The number of unbranched alkanes of at least 4 members (excludes halogenated alkanes) is 19. The summed E-state index contributed by atoms with van der Waals surface area (Å²) in [4.78, 5) is 34.9. The second-order valence-electron chi connectivity index (χ2n) is 11.9. The summed E-state index contributed by atoms with van der Waals surface area (Å²) in [5, 5.41) is 9.74. The molecule has 1 aromatic rings. The van der Waals surface area contributed by atoms with Crippen LogP contribution in [0.5, 0.6) is 0 Å². The molecule has 0 radical (unpaired) electrons. The Morgan fingerprint density at radius 1 is 0.837 bits per heavy atom. The molecule has 2 rings (SSSR count). The van der Waals surface area contributed by atoms with Gasteiger partial charge in [0.1, 0.15) is 24.1 Å². The molecule has 11 nitrogen and oxygen atoms in total. The number of nitrogens with zero attached hydrogens (tertiary/aromatic N) is 2. The summed E-state index contributed by atoms with van der Waals surface area (Å²) in [6.07, 6.45) is 22.6. The third kappa shape index (κ3) is 16.0. The molecule has 1 saturated heterocycles. The molecule has 0 aromatic carbocycles. The van der Waals surface area contributed by atoms with E-state index in [0.717, 1.165) is 30.3 Å². The van der Waals surface area contributed by atoms with Crippen molar-refractivity contribution in [3.8, 4) is 0 Å². The number of nitrogens with two attached hydrogens (primary N) is 1. The van der Waals surface area contributed by atoms with Crippen molar-refractivity contribution in [2.75, 3.05) is 18.9 Å². The van der Waals surface area contributed by atoms with Crippen molar-refractivity contribution in [3.63, 3.8) is 0 Å². The topological polar surface area (TPSA) is 166 Å². The highest BCUT2D eigenvalue weighted by molar-refractivity contribution is 7.46. The Bertz CT molecular complexity index is 959. The highest BCUT2D eigenvalue weighted by Crippen LogP contribution is 2.44. The van der Waals surface area contributed by atoms with Gasteiger partial charge in [-0.15, -0.1) is 0 Å². The fraction of sp³-hybridized carbons (Fsp3) is 0.871. The van der Waals surface area contributed by atoms with Gasteiger partial charge in [-0.1, -0.05) is 129 Å². The summed E-state index contributed by atoms with van der Waals surface area (Å²) < 4.78 is 29.3. The van der Waals surface area contributed by atoms with Crippen LogP contribution in [0.4, 0.5) is 5.82 Å². The summed E-state index contributed by atoms with van der Waals surface area (Å²) >= 11 is 0. The van der Waals surface area contributed by atoms with E-state index < -0.39 is 44.7 Å². The molecule has 12 heteroatoms. The average Bonchev–Trinajstić information content (AvgIpc) is 3.29. The molecular formula is C31H58N3O8P. The third-order valence-electron chi connectivity index (χ3n) is 8.16. The molecule has 1 aromatic heterocycles. The molecule has 0 unspecified atom stereocenters. The maximum atomic E-state index is 12.4. The minimum atomic E-state index is -4.92. The number of rotatable bonds is 26. The van der Waals surface area contributed by atoms with Gasteiger partial charge in [-0.2, -0.15) is 4.98 Å². The Labute approximate surface area is 258 Å². The fourth-order valence-electron chi connectivity index (χ4n) is 5.74. The Kier molecular flexibility index (Phi) is 19.6. The van der Waals surface area contributed by atoms with E-state index in [1.807, 2.05) is 0 Å². The van der Waals surface area contributed by atoms with Crippen LogP contribution in [0.1, 0.15) is 142 Å². The first-order valence-corrected chi connectivity index (χ1v) is 18.3. The molecule has 1 aliphatic heterocycles. The molecule has 0 bridgehead atoms. The van der Waals surface area contributed by atoms with Crippen LogP contribution < -0.4 is 11.4 Å². The maximum Gasteiger partial charge on any atom is 0.470 e. The number of nitrogen functional groups attached to an aromatic ring is 1. The van der Waals surface area contributed by atoms with Crippen LogP contribution in [0.2, 0.25) is 0 Å². The number of phosphoric ester groups is 1. The van der Waals surface area contributed by atoms with Crippen LogP contribution in [0, 0.1) is 0 Å². The smallest absolute Gasteiger partial charge is 0.394 e. The highest BCUT2D eigenvalue weighted by Gasteiger charge is 2.49. The van der Waals surface area contributed by atoms with Crippen molar-refractivity contribution >= 4 is 13.6 Å². The predicted molar refractivity (Wildman–Crippen MR) is 169 cm³/mol. The van der Waals surface area contributed by atoms with Gasteiger partial charge in [0.25, 0.3) is 0 Å². The molecule has 1 fully saturated rings. The summed E-state index contributed by atoms with van der Waals surface area (Å²) in [6, 6.07) is 1.41. The molecule has 0 amide bonds. The number of phosphoric acid groups is 1. The summed E-state index contributed by atoms with van der Waals surface area (Å²) in [7, 11) is -4.92. The van der Waals surface area contributed by atoms with Gasteiger partial charge in [-0.05, 0) is 12.5 Å². The number of aliphatic hydroxyl groups excluding tert-OH is 1. The van der Waals surface area contributed by atoms with Gasteiger partial charge in [0.05, 0.1) is 6.61 Å². The van der Waals surface area contributed by atoms with Crippen molar-refractivity contribution in [3.05, 3.63) is 22.7 Å². The number of hydrogen-bond acceptors (Lipinski definition) is 8. The number of hydrogen-bond donors (Lipinski definition) is 4. The zero-order valence-electron chi connectivity index (χ0n) is 26.3. The van der Waals surface area contributed by atoms with Gasteiger partial charge >= 0.3 is 13.5 Å². The Hall–Kier alpha value is -1.33. The highest BCUT2D eigenvalue weighted by atomic mass is 31.2. The first kappa shape index (κ1) is 37.9. The molecule has 0 aliphatic carbocycles. The normalized spacial score (nSPS) is 20.7. The van der Waals surface area contributed by atoms with Crippen LogP contribution in [-0.2, 0) is 18.6 Å². The Balaban J connectivity index is 1.56. The Morgan fingerprint density at radius 3 is 1.72 bits per heavy atom. The standard InChI is InChI=1S/C31H58N3O8P/c1-2-3-4-5-6-7-8-9-10-11-12-13-14-15-16-17-18-19-20-21-24-40-29-28(42-43(37,38)39)26(25-35)41-30(29)34-23-22-27(32)33-31(34)36/h22-23,26,28-30,35H,2-21,24-25H2,1H3,(H2,32,33,36)(H2,37,38,39)/t26-,28-,29-,30-/m1/s1. The van der Waals surface area contributed by atoms with Crippen molar-refractivity contribution in [2.24, 2.45) is 0 Å². The van der Waals surface area contributed by atoms with Gasteiger partial charge in [0.15, 0.2) is 6.23 Å². The first-order chi connectivity index (χ1) is 20.8. The average molecular weight is 632 g/mol. The van der Waals surface area contributed by atoms with Crippen LogP contribution in [-0.4, -0.2) is 56.0 Å².